The van der Waals surface area contributed by atoms with Crippen LogP contribution in [0.3, 0.4) is 0 Å². The molecule has 3 aromatic rings. The Balaban J connectivity index is 1.43. The lowest BCUT2D eigenvalue weighted by molar-refractivity contribution is 0.0777. The fourth-order valence-electron chi connectivity index (χ4n) is 3.55. The maximum atomic E-state index is 12.8. The summed E-state index contributed by atoms with van der Waals surface area (Å²) in [7, 11) is 1.79. The molecular formula is C19H23N5O2S. The van der Waals surface area contributed by atoms with E-state index in [2.05, 4.69) is 26.1 Å². The van der Waals surface area contributed by atoms with Crippen molar-refractivity contribution in [3.8, 4) is 0 Å². The molecule has 0 aliphatic carbocycles. The van der Waals surface area contributed by atoms with Gasteiger partial charge in [-0.25, -0.2) is 4.98 Å². The van der Waals surface area contributed by atoms with E-state index in [0.717, 1.165) is 42.3 Å². The molecule has 1 saturated heterocycles. The number of thiophene rings is 1. The Morgan fingerprint density at radius 1 is 1.48 bits per heavy atom. The Labute approximate surface area is 162 Å². The number of hydrogen-bond acceptors (Lipinski definition) is 6. The lowest BCUT2D eigenvalue weighted by Gasteiger charge is -2.22. The van der Waals surface area contributed by atoms with Gasteiger partial charge in [0.05, 0.1) is 23.7 Å². The van der Waals surface area contributed by atoms with E-state index in [1.807, 2.05) is 25.3 Å². The van der Waals surface area contributed by atoms with Crippen molar-refractivity contribution in [3.05, 3.63) is 57.6 Å². The van der Waals surface area contributed by atoms with Gasteiger partial charge in [0.2, 0.25) is 0 Å². The summed E-state index contributed by atoms with van der Waals surface area (Å²) in [5, 5.41) is 3.87. The highest BCUT2D eigenvalue weighted by Gasteiger charge is 2.28. The molecule has 1 fully saturated rings. The summed E-state index contributed by atoms with van der Waals surface area (Å²) in [5.74, 6) is 1.69. The number of carbonyl (C=O) groups excluding carboxylic acids is 1. The number of nitrogens with zero attached hydrogens (tertiary/aromatic N) is 4. The van der Waals surface area contributed by atoms with Gasteiger partial charge in [0.25, 0.3) is 5.91 Å². The number of H-pyrrole nitrogens is 1. The van der Waals surface area contributed by atoms with Crippen molar-refractivity contribution in [1.82, 2.24) is 24.9 Å². The molecule has 142 valence electrons. The van der Waals surface area contributed by atoms with Crippen molar-refractivity contribution >= 4 is 17.2 Å². The van der Waals surface area contributed by atoms with Crippen molar-refractivity contribution in [2.24, 2.45) is 0 Å². The SMILES string of the molecule is Cc1cc(CN(C)C(=O)c2ccc([C@H]3CCCN3Cc3ncc[nH]3)s2)on1. The summed E-state index contributed by atoms with van der Waals surface area (Å²) in [6, 6.07) is 6.24. The average Bonchev–Trinajstić information content (AvgIpc) is 3.42. The second kappa shape index (κ2) is 7.66. The highest BCUT2D eigenvalue weighted by molar-refractivity contribution is 7.14. The molecule has 7 nitrogen and oxygen atoms in total. The molecule has 0 radical (unpaired) electrons. The third-order valence-electron chi connectivity index (χ3n) is 4.85. The zero-order chi connectivity index (χ0) is 18.8. The number of rotatable bonds is 6. The minimum atomic E-state index is 0.0101. The quantitative estimate of drug-likeness (QED) is 0.704. The molecule has 0 aromatic carbocycles. The van der Waals surface area contributed by atoms with Crippen LogP contribution in [0, 0.1) is 6.92 Å². The summed E-state index contributed by atoms with van der Waals surface area (Å²) < 4.78 is 5.22. The van der Waals surface area contributed by atoms with Gasteiger partial charge in [-0.3, -0.25) is 9.69 Å². The first-order valence-electron chi connectivity index (χ1n) is 9.10. The van der Waals surface area contributed by atoms with Crippen LogP contribution in [0.1, 0.15) is 50.7 Å². The van der Waals surface area contributed by atoms with Crippen molar-refractivity contribution in [2.45, 2.75) is 38.9 Å². The van der Waals surface area contributed by atoms with E-state index in [1.165, 1.54) is 4.88 Å². The molecule has 1 amide bonds. The maximum Gasteiger partial charge on any atom is 0.264 e. The molecule has 1 aliphatic heterocycles. The van der Waals surface area contributed by atoms with Crippen LogP contribution in [-0.2, 0) is 13.1 Å². The lowest BCUT2D eigenvalue weighted by Crippen LogP contribution is -2.25. The summed E-state index contributed by atoms with van der Waals surface area (Å²) >= 11 is 1.59. The summed E-state index contributed by atoms with van der Waals surface area (Å²) in [5.41, 5.74) is 0.821. The van der Waals surface area contributed by atoms with Crippen LogP contribution in [0.15, 0.2) is 35.1 Å². The van der Waals surface area contributed by atoms with Gasteiger partial charge in [0.1, 0.15) is 5.82 Å². The zero-order valence-corrected chi connectivity index (χ0v) is 16.3. The predicted octanol–water partition coefficient (Wildman–Crippen LogP) is 3.38. The van der Waals surface area contributed by atoms with Gasteiger partial charge in [0.15, 0.2) is 5.76 Å². The van der Waals surface area contributed by atoms with Gasteiger partial charge in [-0.15, -0.1) is 11.3 Å². The van der Waals surface area contributed by atoms with Gasteiger partial charge in [0, 0.05) is 36.4 Å². The first-order valence-corrected chi connectivity index (χ1v) is 9.91. The van der Waals surface area contributed by atoms with E-state index >= 15 is 0 Å². The molecule has 4 heterocycles. The monoisotopic (exact) mass is 385 g/mol. The Hall–Kier alpha value is -2.45. The molecule has 0 spiro atoms. The van der Waals surface area contributed by atoms with E-state index in [4.69, 9.17) is 4.52 Å². The number of hydrogen-bond donors (Lipinski definition) is 1. The molecule has 27 heavy (non-hydrogen) atoms. The minimum absolute atomic E-state index is 0.0101. The fraction of sp³-hybridized carbons (Fsp3) is 0.421. The number of nitrogens with one attached hydrogen (secondary N) is 1. The number of imidazole rings is 1. The third kappa shape index (κ3) is 3.96. The van der Waals surface area contributed by atoms with E-state index in [-0.39, 0.29) is 5.91 Å². The molecule has 1 N–H and O–H groups in total. The van der Waals surface area contributed by atoms with Gasteiger partial charge in [-0.2, -0.15) is 0 Å². The van der Waals surface area contributed by atoms with Crippen LogP contribution in [-0.4, -0.2) is 44.4 Å². The molecule has 1 atom stereocenters. The highest BCUT2D eigenvalue weighted by atomic mass is 32.1. The topological polar surface area (TPSA) is 78.3 Å². The van der Waals surface area contributed by atoms with Crippen molar-refractivity contribution < 1.29 is 9.32 Å². The summed E-state index contributed by atoms with van der Waals surface area (Å²) in [4.78, 5) is 26.4. The number of amides is 1. The van der Waals surface area contributed by atoms with E-state index < -0.39 is 0 Å². The number of aromatic amines is 1. The van der Waals surface area contributed by atoms with Crippen molar-refractivity contribution in [3.63, 3.8) is 0 Å². The van der Waals surface area contributed by atoms with Gasteiger partial charge >= 0.3 is 0 Å². The Morgan fingerprint density at radius 3 is 3.11 bits per heavy atom. The smallest absolute Gasteiger partial charge is 0.264 e. The van der Waals surface area contributed by atoms with Crippen molar-refractivity contribution in [1.29, 1.82) is 0 Å². The first-order chi connectivity index (χ1) is 13.1. The second-order valence-corrected chi connectivity index (χ2v) is 8.08. The zero-order valence-electron chi connectivity index (χ0n) is 15.5. The number of aryl methyl sites for hydroxylation is 1. The van der Waals surface area contributed by atoms with Crippen molar-refractivity contribution in [2.75, 3.05) is 13.6 Å². The van der Waals surface area contributed by atoms with E-state index in [0.29, 0.717) is 18.3 Å². The molecular weight excluding hydrogens is 362 g/mol. The largest absolute Gasteiger partial charge is 0.359 e. The Bertz CT molecular complexity index is 901. The third-order valence-corrected chi connectivity index (χ3v) is 6.03. The first kappa shape index (κ1) is 17.9. The standard InChI is InChI=1S/C19H23N5O2S/c1-13-10-14(26-22-13)11-23(2)19(25)17-6-5-16(27-17)15-4-3-9-24(15)12-18-20-7-8-21-18/h5-8,10,15H,3-4,9,11-12H2,1-2H3,(H,20,21)/t15-/m1/s1. The number of aromatic nitrogens is 3. The predicted molar refractivity (Wildman–Crippen MR) is 102 cm³/mol. The molecule has 4 rings (SSSR count). The Morgan fingerprint density at radius 2 is 2.37 bits per heavy atom. The maximum absolute atomic E-state index is 12.8. The van der Waals surface area contributed by atoms with Gasteiger partial charge in [-0.1, -0.05) is 5.16 Å². The molecule has 0 saturated carbocycles. The average molecular weight is 385 g/mol. The number of likely N-dealkylation sites (tertiary alicyclic amines) is 1. The Kier molecular flexibility index (Phi) is 5.09. The minimum Gasteiger partial charge on any atom is -0.359 e. The van der Waals surface area contributed by atoms with E-state index in [1.54, 1.807) is 29.5 Å². The lowest BCUT2D eigenvalue weighted by atomic mass is 10.2. The number of carbonyl (C=O) groups is 1. The molecule has 1 aliphatic rings. The van der Waals surface area contributed by atoms with Crippen LogP contribution in [0.4, 0.5) is 0 Å². The van der Waals surface area contributed by atoms with Crippen LogP contribution >= 0.6 is 11.3 Å². The molecule has 0 bridgehead atoms. The molecule has 0 unspecified atom stereocenters. The van der Waals surface area contributed by atoms with Crippen LogP contribution in [0.5, 0.6) is 0 Å². The second-order valence-electron chi connectivity index (χ2n) is 6.96. The summed E-state index contributed by atoms with van der Waals surface area (Å²) in [6.45, 7) is 4.15. The highest BCUT2D eigenvalue weighted by Crippen LogP contribution is 2.36. The molecule has 8 heteroatoms. The van der Waals surface area contributed by atoms with Gasteiger partial charge < -0.3 is 14.4 Å². The van der Waals surface area contributed by atoms with E-state index in [9.17, 15) is 4.79 Å². The van der Waals surface area contributed by atoms with Gasteiger partial charge in [-0.05, 0) is 38.4 Å². The van der Waals surface area contributed by atoms with Crippen LogP contribution < -0.4 is 0 Å². The fourth-order valence-corrected chi connectivity index (χ4v) is 4.72. The van der Waals surface area contributed by atoms with Crippen LogP contribution in [0.25, 0.3) is 0 Å². The molecule has 3 aromatic heterocycles. The van der Waals surface area contributed by atoms with Crippen LogP contribution in [0.2, 0.25) is 0 Å². The summed E-state index contributed by atoms with van der Waals surface area (Å²) in [6.07, 6.45) is 5.92. The normalized spacial score (nSPS) is 17.5.